The molecule has 164 valence electrons. The molecule has 0 aliphatic carbocycles. The maximum atomic E-state index is 13.3. The molecule has 1 aliphatic heterocycles. The average molecular weight is 425 g/mol. The van der Waals surface area contributed by atoms with E-state index in [2.05, 4.69) is 24.1 Å². The molecule has 2 atom stereocenters. The predicted molar refractivity (Wildman–Crippen MR) is 116 cm³/mol. The number of carbonyl (C=O) groups is 2. The van der Waals surface area contributed by atoms with E-state index in [9.17, 15) is 14.7 Å². The number of aliphatic carboxylic acids is 1. The van der Waals surface area contributed by atoms with Crippen LogP contribution < -0.4 is 5.32 Å². The zero-order chi connectivity index (χ0) is 22.0. The summed E-state index contributed by atoms with van der Waals surface area (Å²) in [6, 6.07) is 0.177. The van der Waals surface area contributed by atoms with Gasteiger partial charge in [0.05, 0.1) is 12.2 Å². The summed E-state index contributed by atoms with van der Waals surface area (Å²) < 4.78 is 0. The summed E-state index contributed by atoms with van der Waals surface area (Å²) in [5.74, 6) is -1.10. The first-order valence-corrected chi connectivity index (χ1v) is 11.3. The molecule has 29 heavy (non-hydrogen) atoms. The fourth-order valence-electron chi connectivity index (χ4n) is 4.40. The minimum absolute atomic E-state index is 0.170. The van der Waals surface area contributed by atoms with Crippen LogP contribution in [0.3, 0.4) is 0 Å². The van der Waals surface area contributed by atoms with E-state index in [0.717, 1.165) is 10.7 Å². The van der Waals surface area contributed by atoms with Gasteiger partial charge in [0.2, 0.25) is 0 Å². The van der Waals surface area contributed by atoms with Crippen LogP contribution in [0.1, 0.15) is 65.6 Å². The molecule has 2 heterocycles. The maximum absolute atomic E-state index is 13.3. The van der Waals surface area contributed by atoms with Gasteiger partial charge in [-0.1, -0.05) is 54.9 Å². The second kappa shape index (κ2) is 9.00. The van der Waals surface area contributed by atoms with E-state index in [4.69, 9.17) is 0 Å². The Bertz CT molecular complexity index is 728. The number of hydrogen-bond acceptors (Lipinski definition) is 5. The number of amides is 2. The lowest BCUT2D eigenvalue weighted by Gasteiger charge is -2.50. The summed E-state index contributed by atoms with van der Waals surface area (Å²) in [7, 11) is 0. The van der Waals surface area contributed by atoms with E-state index in [-0.39, 0.29) is 11.9 Å². The average Bonchev–Trinajstić information content (AvgIpc) is 3.20. The highest BCUT2D eigenvalue weighted by Crippen LogP contribution is 2.45. The quantitative estimate of drug-likeness (QED) is 0.630. The molecule has 1 aliphatic rings. The summed E-state index contributed by atoms with van der Waals surface area (Å²) >= 11 is 1.58. The highest BCUT2D eigenvalue weighted by molar-refractivity contribution is 7.09. The number of hydrogen-bond donors (Lipinski definition) is 2. The van der Waals surface area contributed by atoms with Gasteiger partial charge in [-0.05, 0) is 11.3 Å². The highest BCUT2D eigenvalue weighted by Gasteiger charge is 2.59. The van der Waals surface area contributed by atoms with Crippen molar-refractivity contribution in [1.82, 2.24) is 20.1 Å². The Morgan fingerprint density at radius 1 is 1.31 bits per heavy atom. The molecule has 1 saturated heterocycles. The van der Waals surface area contributed by atoms with Crippen molar-refractivity contribution in [3.63, 3.8) is 0 Å². The van der Waals surface area contributed by atoms with Gasteiger partial charge in [-0.3, -0.25) is 0 Å². The van der Waals surface area contributed by atoms with Crippen LogP contribution in [0.4, 0.5) is 4.79 Å². The first-order valence-electron chi connectivity index (χ1n) is 10.4. The molecule has 1 aromatic rings. The topological polar surface area (TPSA) is 85.8 Å². The molecule has 2 rings (SSSR count). The van der Waals surface area contributed by atoms with Gasteiger partial charge < -0.3 is 20.2 Å². The van der Waals surface area contributed by atoms with Gasteiger partial charge in [0, 0.05) is 31.1 Å². The molecule has 0 bridgehead atoms. The van der Waals surface area contributed by atoms with Crippen LogP contribution in [0.5, 0.6) is 0 Å². The smallest absolute Gasteiger partial charge is 0.330 e. The van der Waals surface area contributed by atoms with Gasteiger partial charge in [0.25, 0.3) is 0 Å². The summed E-state index contributed by atoms with van der Waals surface area (Å²) in [5, 5.41) is 16.6. The molecule has 0 aromatic carbocycles. The van der Waals surface area contributed by atoms with Crippen molar-refractivity contribution in [3.8, 4) is 0 Å². The number of carbonyl (C=O) groups excluding carboxylic acids is 1. The number of rotatable bonds is 9. The van der Waals surface area contributed by atoms with Gasteiger partial charge in [0.1, 0.15) is 10.5 Å². The van der Waals surface area contributed by atoms with E-state index < -0.39 is 16.9 Å². The number of nitrogens with one attached hydrogen (secondary N) is 1. The summed E-state index contributed by atoms with van der Waals surface area (Å²) in [4.78, 5) is 33.8. The van der Waals surface area contributed by atoms with Crippen LogP contribution in [0.25, 0.3) is 0 Å². The van der Waals surface area contributed by atoms with E-state index in [1.54, 1.807) is 21.1 Å². The van der Waals surface area contributed by atoms with Crippen LogP contribution in [0, 0.1) is 11.3 Å². The second-order valence-electron chi connectivity index (χ2n) is 9.25. The molecule has 0 unspecified atom stereocenters. The minimum Gasteiger partial charge on any atom is -0.479 e. The molecule has 0 saturated carbocycles. The number of carboxylic acids is 1. The van der Waals surface area contributed by atoms with Gasteiger partial charge >= 0.3 is 12.0 Å². The number of thiazole rings is 1. The Balaban J connectivity index is 2.22. The second-order valence-corrected chi connectivity index (χ2v) is 10.2. The molecule has 8 heteroatoms. The lowest BCUT2D eigenvalue weighted by atomic mass is 9.64. The van der Waals surface area contributed by atoms with Gasteiger partial charge in [0.15, 0.2) is 0 Å². The summed E-state index contributed by atoms with van der Waals surface area (Å²) in [6.07, 6.45) is 0.686. The fourth-order valence-corrected chi connectivity index (χ4v) is 5.13. The Labute approximate surface area is 178 Å². The van der Waals surface area contributed by atoms with Gasteiger partial charge in [-0.25, -0.2) is 14.6 Å². The summed E-state index contributed by atoms with van der Waals surface area (Å²) in [6.45, 7) is 15.9. The molecule has 2 amide bonds. The molecular weight excluding hydrogens is 388 g/mol. The van der Waals surface area contributed by atoms with Crippen molar-refractivity contribution in [2.24, 2.45) is 11.3 Å². The van der Waals surface area contributed by atoms with Crippen molar-refractivity contribution >= 4 is 23.3 Å². The Morgan fingerprint density at radius 3 is 2.48 bits per heavy atom. The minimum atomic E-state index is -1.25. The van der Waals surface area contributed by atoms with Crippen molar-refractivity contribution in [1.29, 1.82) is 0 Å². The highest BCUT2D eigenvalue weighted by atomic mass is 32.1. The van der Waals surface area contributed by atoms with E-state index in [1.165, 1.54) is 0 Å². The Kier molecular flexibility index (Phi) is 7.32. The van der Waals surface area contributed by atoms with Crippen molar-refractivity contribution in [2.75, 3.05) is 13.1 Å². The molecule has 1 aromatic heterocycles. The molecular formula is C21H36N4O3S. The van der Waals surface area contributed by atoms with Crippen LogP contribution >= 0.6 is 11.3 Å². The third-order valence-corrected chi connectivity index (χ3v) is 6.83. The SMILES string of the molecule is CC[C@H](C)[C@](C(=O)O)(N1CCN(Cc2csc(CNC(C)C)n2)C1=O)C(C)(C)C. The van der Waals surface area contributed by atoms with Crippen molar-refractivity contribution in [3.05, 3.63) is 16.1 Å². The third kappa shape index (κ3) is 4.58. The van der Waals surface area contributed by atoms with Crippen molar-refractivity contribution < 1.29 is 14.7 Å². The summed E-state index contributed by atoms with van der Waals surface area (Å²) in [5.41, 5.74) is -0.996. The maximum Gasteiger partial charge on any atom is 0.330 e. The zero-order valence-corrected chi connectivity index (χ0v) is 19.6. The van der Waals surface area contributed by atoms with E-state index in [0.29, 0.717) is 38.6 Å². The molecule has 1 fully saturated rings. The Morgan fingerprint density at radius 2 is 1.97 bits per heavy atom. The molecule has 0 spiro atoms. The monoisotopic (exact) mass is 424 g/mol. The van der Waals surface area contributed by atoms with Crippen LogP contribution in [-0.4, -0.2) is 56.6 Å². The van der Waals surface area contributed by atoms with Crippen LogP contribution in [-0.2, 0) is 17.9 Å². The van der Waals surface area contributed by atoms with Gasteiger partial charge in [-0.15, -0.1) is 11.3 Å². The van der Waals surface area contributed by atoms with E-state index in [1.807, 2.05) is 40.0 Å². The first kappa shape index (κ1) is 23.6. The predicted octanol–water partition coefficient (Wildman–Crippen LogP) is 3.79. The number of carboxylic acid groups (broad SMARTS) is 1. The lowest BCUT2D eigenvalue weighted by Crippen LogP contribution is -2.66. The number of urea groups is 1. The third-order valence-electron chi connectivity index (χ3n) is 5.93. The van der Waals surface area contributed by atoms with Crippen LogP contribution in [0.2, 0.25) is 0 Å². The normalized spacial score (nSPS) is 18.4. The standard InChI is InChI=1S/C21H36N4O3S/c1-8-15(4)21(18(26)27,20(5,6)7)25-10-9-24(19(25)28)12-16-13-29-17(23-16)11-22-14(2)3/h13-15,22H,8-12H2,1-7H3,(H,26,27)/t15-,21+/m0/s1. The van der Waals surface area contributed by atoms with Crippen LogP contribution in [0.15, 0.2) is 5.38 Å². The molecule has 2 N–H and O–H groups in total. The lowest BCUT2D eigenvalue weighted by molar-refractivity contribution is -0.162. The fraction of sp³-hybridized carbons (Fsp3) is 0.762. The van der Waals surface area contributed by atoms with E-state index >= 15 is 0 Å². The largest absolute Gasteiger partial charge is 0.479 e. The van der Waals surface area contributed by atoms with Gasteiger partial charge in [-0.2, -0.15) is 0 Å². The molecule has 7 nitrogen and oxygen atoms in total. The number of nitrogens with zero attached hydrogens (tertiary/aromatic N) is 3. The molecule has 0 radical (unpaired) electrons. The zero-order valence-electron chi connectivity index (χ0n) is 18.8. The van der Waals surface area contributed by atoms with Crippen molar-refractivity contribution in [2.45, 2.75) is 79.6 Å². The Hall–Kier alpha value is -1.67. The number of aromatic nitrogens is 1. The first-order chi connectivity index (χ1) is 13.4.